The highest BCUT2D eigenvalue weighted by molar-refractivity contribution is 7.98. The van der Waals surface area contributed by atoms with Crippen LogP contribution in [0, 0.1) is 20.8 Å². The fourth-order valence-electron chi connectivity index (χ4n) is 3.38. The van der Waals surface area contributed by atoms with Crippen LogP contribution in [0.4, 0.5) is 0 Å². The zero-order valence-electron chi connectivity index (χ0n) is 18.5. The van der Waals surface area contributed by atoms with E-state index in [9.17, 15) is 4.79 Å². The molecule has 1 amide bonds. The zero-order valence-corrected chi connectivity index (χ0v) is 20.1. The Hall–Kier alpha value is -2.90. The van der Waals surface area contributed by atoms with Crippen LogP contribution in [0.2, 0.25) is 0 Å². The van der Waals surface area contributed by atoms with Crippen molar-refractivity contribution in [3.8, 4) is 10.6 Å². The summed E-state index contributed by atoms with van der Waals surface area (Å²) in [5.41, 5.74) is 4.77. The average Bonchev–Trinajstić information content (AvgIpc) is 3.38. The molecule has 0 aliphatic carbocycles. The standard InChI is InChI=1S/C25H25N3O2S2/c1-15-9-11-19(12-10-15)25-27-18(4)23(32-25)17(3)26-24(29)21-7-5-6-8-22(21)31-14-20-13-16(2)28-30-20/h5-13,17H,14H2,1-4H3,(H,26,29). The highest BCUT2D eigenvalue weighted by Gasteiger charge is 2.20. The van der Waals surface area contributed by atoms with Crippen molar-refractivity contribution in [3.05, 3.63) is 87.7 Å². The molecule has 0 radical (unpaired) electrons. The molecule has 0 saturated carbocycles. The summed E-state index contributed by atoms with van der Waals surface area (Å²) in [4.78, 5) is 19.8. The predicted molar refractivity (Wildman–Crippen MR) is 130 cm³/mol. The molecule has 2 aromatic carbocycles. The molecule has 164 valence electrons. The molecule has 0 aliphatic heterocycles. The molecule has 7 heteroatoms. The quantitative estimate of drug-likeness (QED) is 0.317. The fraction of sp³-hybridized carbons (Fsp3) is 0.240. The number of aryl methyl sites for hydroxylation is 3. The van der Waals surface area contributed by atoms with Gasteiger partial charge in [0.15, 0.2) is 0 Å². The summed E-state index contributed by atoms with van der Waals surface area (Å²) in [6.07, 6.45) is 0. The van der Waals surface area contributed by atoms with Crippen molar-refractivity contribution >= 4 is 29.0 Å². The lowest BCUT2D eigenvalue weighted by Gasteiger charge is -2.15. The first-order valence-electron chi connectivity index (χ1n) is 10.4. The van der Waals surface area contributed by atoms with Gasteiger partial charge in [0.2, 0.25) is 0 Å². The van der Waals surface area contributed by atoms with E-state index in [1.165, 1.54) is 5.56 Å². The lowest BCUT2D eigenvalue weighted by Crippen LogP contribution is -2.27. The van der Waals surface area contributed by atoms with Gasteiger partial charge >= 0.3 is 0 Å². The summed E-state index contributed by atoms with van der Waals surface area (Å²) in [5, 5.41) is 8.04. The second-order valence-corrected chi connectivity index (χ2v) is 9.80. The molecule has 0 saturated heterocycles. The number of thioether (sulfide) groups is 1. The van der Waals surface area contributed by atoms with Crippen molar-refractivity contribution in [2.45, 2.75) is 44.4 Å². The van der Waals surface area contributed by atoms with E-state index in [4.69, 9.17) is 9.51 Å². The van der Waals surface area contributed by atoms with Gasteiger partial charge < -0.3 is 9.84 Å². The number of rotatable bonds is 7. The van der Waals surface area contributed by atoms with Gasteiger partial charge in [-0.2, -0.15) is 0 Å². The SMILES string of the molecule is Cc1ccc(-c2nc(C)c(C(C)NC(=O)c3ccccc3SCc3cc(C)no3)s2)cc1. The molecule has 1 N–H and O–H groups in total. The van der Waals surface area contributed by atoms with E-state index in [2.05, 4.69) is 41.7 Å². The summed E-state index contributed by atoms with van der Waals surface area (Å²) in [7, 11) is 0. The lowest BCUT2D eigenvalue weighted by molar-refractivity contribution is 0.0937. The smallest absolute Gasteiger partial charge is 0.252 e. The molecule has 0 aliphatic rings. The maximum absolute atomic E-state index is 13.1. The largest absolute Gasteiger partial charge is 0.360 e. The van der Waals surface area contributed by atoms with E-state index in [0.717, 1.165) is 37.5 Å². The Bertz CT molecular complexity index is 1230. The van der Waals surface area contributed by atoms with Crippen LogP contribution in [0.3, 0.4) is 0 Å². The highest BCUT2D eigenvalue weighted by atomic mass is 32.2. The highest BCUT2D eigenvalue weighted by Crippen LogP contribution is 2.33. The molecular weight excluding hydrogens is 438 g/mol. The molecule has 4 rings (SSSR count). The number of amides is 1. The number of hydrogen-bond donors (Lipinski definition) is 1. The van der Waals surface area contributed by atoms with E-state index in [0.29, 0.717) is 11.3 Å². The second kappa shape index (κ2) is 9.71. The van der Waals surface area contributed by atoms with E-state index < -0.39 is 0 Å². The molecule has 0 spiro atoms. The van der Waals surface area contributed by atoms with Crippen LogP contribution in [-0.2, 0) is 5.75 Å². The molecule has 0 bridgehead atoms. The number of nitrogens with one attached hydrogen (secondary N) is 1. The minimum absolute atomic E-state index is 0.0981. The van der Waals surface area contributed by atoms with Crippen LogP contribution < -0.4 is 5.32 Å². The average molecular weight is 464 g/mol. The van der Waals surface area contributed by atoms with E-state index >= 15 is 0 Å². The Morgan fingerprint density at radius 2 is 1.88 bits per heavy atom. The lowest BCUT2D eigenvalue weighted by atomic mass is 10.1. The van der Waals surface area contributed by atoms with E-state index in [1.807, 2.05) is 51.1 Å². The summed E-state index contributed by atoms with van der Waals surface area (Å²) in [5.74, 6) is 1.31. The molecule has 1 atom stereocenters. The van der Waals surface area contributed by atoms with Gasteiger partial charge in [-0.15, -0.1) is 23.1 Å². The third kappa shape index (κ3) is 5.11. The number of hydrogen-bond acceptors (Lipinski definition) is 6. The minimum atomic E-state index is -0.144. The maximum atomic E-state index is 13.1. The molecule has 2 heterocycles. The Morgan fingerprint density at radius 3 is 2.59 bits per heavy atom. The summed E-state index contributed by atoms with van der Waals surface area (Å²) in [6, 6.07) is 17.8. The number of aromatic nitrogens is 2. The number of carbonyl (C=O) groups is 1. The molecule has 5 nitrogen and oxygen atoms in total. The first-order valence-corrected chi connectivity index (χ1v) is 12.2. The van der Waals surface area contributed by atoms with Gasteiger partial charge in [-0.3, -0.25) is 4.79 Å². The third-order valence-corrected chi connectivity index (χ3v) is 7.54. The number of nitrogens with zero attached hydrogens (tertiary/aromatic N) is 2. The first kappa shape index (κ1) is 22.3. The number of thiazole rings is 1. The Labute approximate surface area is 196 Å². The number of carbonyl (C=O) groups excluding carboxylic acids is 1. The van der Waals surface area contributed by atoms with Crippen LogP contribution in [0.25, 0.3) is 10.6 Å². The van der Waals surface area contributed by atoms with Gasteiger partial charge in [-0.05, 0) is 39.8 Å². The molecule has 0 fully saturated rings. The van der Waals surface area contributed by atoms with Gasteiger partial charge in [-0.1, -0.05) is 47.1 Å². The molecule has 1 unspecified atom stereocenters. The maximum Gasteiger partial charge on any atom is 0.252 e. The summed E-state index contributed by atoms with van der Waals surface area (Å²) in [6.45, 7) is 7.97. The zero-order chi connectivity index (χ0) is 22.7. The third-order valence-electron chi connectivity index (χ3n) is 5.05. The van der Waals surface area contributed by atoms with Gasteiger partial charge in [0.1, 0.15) is 10.8 Å². The monoisotopic (exact) mass is 463 g/mol. The van der Waals surface area contributed by atoms with Gasteiger partial charge in [-0.25, -0.2) is 4.98 Å². The van der Waals surface area contributed by atoms with Gasteiger partial charge in [0, 0.05) is 16.5 Å². The summed E-state index contributed by atoms with van der Waals surface area (Å²) < 4.78 is 5.29. The van der Waals surface area contributed by atoms with Crippen molar-refractivity contribution in [2.24, 2.45) is 0 Å². The van der Waals surface area contributed by atoms with E-state index in [1.54, 1.807) is 23.1 Å². The van der Waals surface area contributed by atoms with Gasteiger partial charge in [0.05, 0.1) is 33.6 Å². The van der Waals surface area contributed by atoms with Crippen molar-refractivity contribution in [1.82, 2.24) is 15.5 Å². The van der Waals surface area contributed by atoms with Crippen LogP contribution in [0.15, 0.2) is 64.0 Å². The predicted octanol–water partition coefficient (Wildman–Crippen LogP) is 6.51. The van der Waals surface area contributed by atoms with Crippen LogP contribution in [-0.4, -0.2) is 16.0 Å². The molecular formula is C25H25N3O2S2. The van der Waals surface area contributed by atoms with Gasteiger partial charge in [0.25, 0.3) is 5.91 Å². The Morgan fingerprint density at radius 1 is 1.12 bits per heavy atom. The molecule has 32 heavy (non-hydrogen) atoms. The topological polar surface area (TPSA) is 68.0 Å². The minimum Gasteiger partial charge on any atom is -0.360 e. The van der Waals surface area contributed by atoms with Crippen molar-refractivity contribution in [2.75, 3.05) is 0 Å². The first-order chi connectivity index (χ1) is 15.4. The van der Waals surface area contributed by atoms with Crippen molar-refractivity contribution in [3.63, 3.8) is 0 Å². The molecule has 2 aromatic heterocycles. The second-order valence-electron chi connectivity index (χ2n) is 7.75. The molecule has 4 aromatic rings. The Kier molecular flexibility index (Phi) is 6.77. The van der Waals surface area contributed by atoms with Crippen LogP contribution >= 0.6 is 23.1 Å². The normalized spacial score (nSPS) is 12.0. The number of benzene rings is 2. The van der Waals surface area contributed by atoms with E-state index in [-0.39, 0.29) is 11.9 Å². The van der Waals surface area contributed by atoms with Crippen molar-refractivity contribution in [1.29, 1.82) is 0 Å². The fourth-order valence-corrected chi connectivity index (χ4v) is 5.38. The van der Waals surface area contributed by atoms with Crippen LogP contribution in [0.5, 0.6) is 0 Å². The van der Waals surface area contributed by atoms with Crippen molar-refractivity contribution < 1.29 is 9.32 Å². The Balaban J connectivity index is 1.48. The summed E-state index contributed by atoms with van der Waals surface area (Å²) >= 11 is 3.19. The van der Waals surface area contributed by atoms with Crippen LogP contribution in [0.1, 0.15) is 50.9 Å².